The SMILES string of the molecule is O=C(N/N=C/C(F)(F)F)c1cccnc1. The van der Waals surface area contributed by atoms with Gasteiger partial charge in [-0.25, -0.2) is 5.43 Å². The van der Waals surface area contributed by atoms with Crippen LogP contribution < -0.4 is 5.43 Å². The van der Waals surface area contributed by atoms with Gasteiger partial charge in [0, 0.05) is 12.4 Å². The molecule has 1 aromatic heterocycles. The Labute approximate surface area is 82.8 Å². The molecule has 0 aliphatic heterocycles. The van der Waals surface area contributed by atoms with Gasteiger partial charge in [-0.05, 0) is 12.1 Å². The van der Waals surface area contributed by atoms with Gasteiger partial charge < -0.3 is 0 Å². The van der Waals surface area contributed by atoms with Crippen LogP contribution in [0.4, 0.5) is 13.2 Å². The van der Waals surface area contributed by atoms with Crippen molar-refractivity contribution in [2.45, 2.75) is 6.18 Å². The average Bonchev–Trinajstić information content (AvgIpc) is 2.17. The molecular weight excluding hydrogens is 211 g/mol. The molecule has 7 heteroatoms. The lowest BCUT2D eigenvalue weighted by molar-refractivity contribution is -0.0538. The minimum Gasteiger partial charge on any atom is -0.267 e. The minimum atomic E-state index is -4.54. The summed E-state index contributed by atoms with van der Waals surface area (Å²) >= 11 is 0. The number of aromatic nitrogens is 1. The molecule has 1 amide bonds. The lowest BCUT2D eigenvalue weighted by atomic mass is 10.3. The van der Waals surface area contributed by atoms with Gasteiger partial charge in [0.2, 0.25) is 0 Å². The standard InChI is InChI=1S/C8H6F3N3O/c9-8(10,11)5-13-14-7(15)6-2-1-3-12-4-6/h1-5H,(H,14,15)/b13-5+. The smallest absolute Gasteiger partial charge is 0.267 e. The first-order valence-electron chi connectivity index (χ1n) is 3.80. The van der Waals surface area contributed by atoms with Crippen molar-refractivity contribution in [1.82, 2.24) is 10.4 Å². The Morgan fingerprint density at radius 3 is 2.80 bits per heavy atom. The van der Waals surface area contributed by atoms with Gasteiger partial charge in [0.15, 0.2) is 0 Å². The van der Waals surface area contributed by atoms with Gasteiger partial charge in [0.25, 0.3) is 5.91 Å². The summed E-state index contributed by atoms with van der Waals surface area (Å²) < 4.78 is 34.8. The molecule has 15 heavy (non-hydrogen) atoms. The van der Waals surface area contributed by atoms with Crippen molar-refractivity contribution in [1.29, 1.82) is 0 Å². The van der Waals surface area contributed by atoms with Crippen molar-refractivity contribution in [3.05, 3.63) is 30.1 Å². The molecule has 0 saturated heterocycles. The summed E-state index contributed by atoms with van der Waals surface area (Å²) in [5.74, 6) is -0.747. The molecule has 0 radical (unpaired) electrons. The molecule has 1 N–H and O–H groups in total. The second-order valence-electron chi connectivity index (χ2n) is 2.48. The van der Waals surface area contributed by atoms with E-state index in [2.05, 4.69) is 10.1 Å². The molecule has 0 bridgehead atoms. The molecule has 0 aliphatic rings. The van der Waals surface area contributed by atoms with Crippen LogP contribution in [0.15, 0.2) is 29.6 Å². The van der Waals surface area contributed by atoms with Gasteiger partial charge >= 0.3 is 6.18 Å². The molecule has 1 heterocycles. The molecule has 80 valence electrons. The number of amides is 1. The third-order valence-electron chi connectivity index (χ3n) is 1.30. The summed E-state index contributed by atoms with van der Waals surface area (Å²) in [6.07, 6.45) is -2.18. The molecule has 0 atom stereocenters. The topological polar surface area (TPSA) is 54.4 Å². The van der Waals surface area contributed by atoms with Crippen LogP contribution in [-0.2, 0) is 0 Å². The molecular formula is C8H6F3N3O. The molecule has 0 unspecified atom stereocenters. The van der Waals surface area contributed by atoms with E-state index in [0.29, 0.717) is 0 Å². The Hall–Kier alpha value is -1.92. The number of pyridine rings is 1. The first-order chi connectivity index (χ1) is 6.99. The fourth-order valence-electron chi connectivity index (χ4n) is 0.726. The fourth-order valence-corrected chi connectivity index (χ4v) is 0.726. The zero-order valence-electron chi connectivity index (χ0n) is 7.32. The summed E-state index contributed by atoms with van der Waals surface area (Å²) in [5.41, 5.74) is 1.86. The molecule has 0 aliphatic carbocycles. The summed E-state index contributed by atoms with van der Waals surface area (Å²) in [6.45, 7) is 0. The first-order valence-corrected chi connectivity index (χ1v) is 3.80. The third kappa shape index (κ3) is 4.21. The second kappa shape index (κ2) is 4.54. The highest BCUT2D eigenvalue weighted by Gasteiger charge is 2.23. The number of hydrogen-bond donors (Lipinski definition) is 1. The van der Waals surface area contributed by atoms with Crippen molar-refractivity contribution < 1.29 is 18.0 Å². The molecule has 0 saturated carbocycles. The van der Waals surface area contributed by atoms with Crippen LogP contribution in [0, 0.1) is 0 Å². The van der Waals surface area contributed by atoms with E-state index < -0.39 is 12.1 Å². The van der Waals surface area contributed by atoms with Crippen LogP contribution in [0.25, 0.3) is 0 Å². The zero-order valence-corrected chi connectivity index (χ0v) is 7.32. The van der Waals surface area contributed by atoms with E-state index in [9.17, 15) is 18.0 Å². The van der Waals surface area contributed by atoms with Gasteiger partial charge in [-0.15, -0.1) is 0 Å². The molecule has 0 spiro atoms. The van der Waals surface area contributed by atoms with Gasteiger partial charge in [-0.3, -0.25) is 9.78 Å². The number of alkyl halides is 3. The number of hydrogen-bond acceptors (Lipinski definition) is 3. The van der Waals surface area contributed by atoms with Crippen LogP contribution >= 0.6 is 0 Å². The van der Waals surface area contributed by atoms with Gasteiger partial charge in [-0.2, -0.15) is 18.3 Å². The van der Waals surface area contributed by atoms with Crippen molar-refractivity contribution in [2.75, 3.05) is 0 Å². The van der Waals surface area contributed by atoms with Crippen LogP contribution in [0.2, 0.25) is 0 Å². The van der Waals surface area contributed by atoms with Gasteiger partial charge in [-0.1, -0.05) is 0 Å². The van der Waals surface area contributed by atoms with Gasteiger partial charge in [0.05, 0.1) is 5.56 Å². The highest BCUT2D eigenvalue weighted by molar-refractivity contribution is 5.94. The lowest BCUT2D eigenvalue weighted by Gasteiger charge is -1.99. The Kier molecular flexibility index (Phi) is 3.37. The van der Waals surface area contributed by atoms with E-state index in [1.165, 1.54) is 24.5 Å². The first kappa shape index (κ1) is 11.2. The predicted octanol–water partition coefficient (Wildman–Crippen LogP) is 1.36. The van der Waals surface area contributed by atoms with Crippen LogP contribution in [0.1, 0.15) is 10.4 Å². The van der Waals surface area contributed by atoms with Crippen molar-refractivity contribution in [3.8, 4) is 0 Å². The molecule has 0 aromatic carbocycles. The number of rotatable bonds is 2. The van der Waals surface area contributed by atoms with E-state index in [0.717, 1.165) is 0 Å². The van der Waals surface area contributed by atoms with Crippen molar-refractivity contribution in [3.63, 3.8) is 0 Å². The highest BCUT2D eigenvalue weighted by Crippen LogP contribution is 2.09. The number of nitrogens with zero attached hydrogens (tertiary/aromatic N) is 2. The average molecular weight is 217 g/mol. The summed E-state index contributed by atoms with van der Waals surface area (Å²) in [6, 6.07) is 2.90. The Balaban J connectivity index is 2.55. The number of nitrogens with one attached hydrogen (secondary N) is 1. The number of hydrazone groups is 1. The zero-order chi connectivity index (χ0) is 11.3. The van der Waals surface area contributed by atoms with E-state index >= 15 is 0 Å². The van der Waals surface area contributed by atoms with Crippen molar-refractivity contribution in [2.24, 2.45) is 5.10 Å². The van der Waals surface area contributed by atoms with Crippen LogP contribution in [0.3, 0.4) is 0 Å². The summed E-state index contributed by atoms with van der Waals surface area (Å²) in [4.78, 5) is 14.7. The molecule has 1 aromatic rings. The molecule has 0 fully saturated rings. The van der Waals surface area contributed by atoms with E-state index in [-0.39, 0.29) is 11.8 Å². The Morgan fingerprint density at radius 2 is 2.27 bits per heavy atom. The number of carbonyl (C=O) groups is 1. The molecule has 4 nitrogen and oxygen atoms in total. The van der Waals surface area contributed by atoms with Crippen LogP contribution in [0.5, 0.6) is 0 Å². The predicted molar refractivity (Wildman–Crippen MR) is 46.3 cm³/mol. The van der Waals surface area contributed by atoms with Crippen molar-refractivity contribution >= 4 is 12.1 Å². The highest BCUT2D eigenvalue weighted by atomic mass is 19.4. The Morgan fingerprint density at radius 1 is 1.53 bits per heavy atom. The maximum atomic E-state index is 11.6. The van der Waals surface area contributed by atoms with E-state index in [4.69, 9.17) is 0 Å². The summed E-state index contributed by atoms with van der Waals surface area (Å²) in [5, 5.41) is 2.74. The van der Waals surface area contributed by atoms with Crippen LogP contribution in [-0.4, -0.2) is 23.3 Å². The van der Waals surface area contributed by atoms with E-state index in [1.54, 1.807) is 5.43 Å². The molecule has 1 rings (SSSR count). The van der Waals surface area contributed by atoms with E-state index in [1.807, 2.05) is 0 Å². The minimum absolute atomic E-state index is 0.136. The lowest BCUT2D eigenvalue weighted by Crippen LogP contribution is -2.20. The monoisotopic (exact) mass is 217 g/mol. The third-order valence-corrected chi connectivity index (χ3v) is 1.30. The maximum absolute atomic E-state index is 11.6. The summed E-state index contributed by atoms with van der Waals surface area (Å²) in [7, 11) is 0. The number of halogens is 3. The quantitative estimate of drug-likeness (QED) is 0.600. The maximum Gasteiger partial charge on any atom is 0.428 e. The normalized spacial score (nSPS) is 11.7. The Bertz CT molecular complexity index is 361. The number of carbonyl (C=O) groups excluding carboxylic acids is 1. The fraction of sp³-hybridized carbons (Fsp3) is 0.125. The largest absolute Gasteiger partial charge is 0.428 e. The van der Waals surface area contributed by atoms with Gasteiger partial charge in [0.1, 0.15) is 6.21 Å². The second-order valence-corrected chi connectivity index (χ2v) is 2.48.